The number of rotatable bonds is 2. The molecule has 0 aliphatic heterocycles. The summed E-state index contributed by atoms with van der Waals surface area (Å²) in [6.07, 6.45) is 4.89. The lowest BCUT2D eigenvalue weighted by Gasteiger charge is -2.18. The standard InChI is InChI=1S/C11H17N3O/c1-7-8(2)13-6-14-11(7)15-10-5-3-4-9(10)12/h6,9-10H,3-5,12H2,1-2H3/t9-,10-/m1/s1. The third kappa shape index (κ3) is 2.09. The van der Waals surface area contributed by atoms with Gasteiger partial charge in [-0.15, -0.1) is 0 Å². The molecule has 0 saturated heterocycles. The molecule has 15 heavy (non-hydrogen) atoms. The molecule has 1 aromatic heterocycles. The maximum atomic E-state index is 5.95. The predicted octanol–water partition coefficient (Wildman–Crippen LogP) is 1.35. The monoisotopic (exact) mass is 207 g/mol. The summed E-state index contributed by atoms with van der Waals surface area (Å²) in [5.41, 5.74) is 7.92. The quantitative estimate of drug-likeness (QED) is 0.795. The number of ether oxygens (including phenoxy) is 1. The maximum Gasteiger partial charge on any atom is 0.219 e. The minimum Gasteiger partial charge on any atom is -0.472 e. The molecule has 1 fully saturated rings. The van der Waals surface area contributed by atoms with E-state index in [0.29, 0.717) is 5.88 Å². The molecule has 0 bridgehead atoms. The normalized spacial score (nSPS) is 25.5. The molecule has 0 spiro atoms. The Morgan fingerprint density at radius 1 is 1.33 bits per heavy atom. The molecule has 2 N–H and O–H groups in total. The van der Waals surface area contributed by atoms with E-state index in [0.717, 1.165) is 30.5 Å². The number of nitrogens with two attached hydrogens (primary N) is 1. The van der Waals surface area contributed by atoms with E-state index in [1.807, 2.05) is 13.8 Å². The number of hydrogen-bond donors (Lipinski definition) is 1. The molecule has 0 aromatic carbocycles. The van der Waals surface area contributed by atoms with Crippen LogP contribution in [0, 0.1) is 13.8 Å². The van der Waals surface area contributed by atoms with E-state index < -0.39 is 0 Å². The van der Waals surface area contributed by atoms with Crippen molar-refractivity contribution in [2.75, 3.05) is 0 Å². The van der Waals surface area contributed by atoms with Crippen LogP contribution in [0.5, 0.6) is 5.88 Å². The molecular weight excluding hydrogens is 190 g/mol. The van der Waals surface area contributed by atoms with Gasteiger partial charge in [-0.25, -0.2) is 9.97 Å². The van der Waals surface area contributed by atoms with Crippen molar-refractivity contribution in [2.24, 2.45) is 5.73 Å². The molecule has 1 aromatic rings. The molecule has 4 nitrogen and oxygen atoms in total. The average molecular weight is 207 g/mol. The lowest BCUT2D eigenvalue weighted by atomic mass is 10.2. The Labute approximate surface area is 89.9 Å². The van der Waals surface area contributed by atoms with Crippen molar-refractivity contribution in [1.82, 2.24) is 9.97 Å². The SMILES string of the molecule is Cc1ncnc(O[C@@H]2CCC[C@H]2N)c1C. The summed E-state index contributed by atoms with van der Waals surface area (Å²) >= 11 is 0. The zero-order valence-electron chi connectivity index (χ0n) is 9.23. The van der Waals surface area contributed by atoms with E-state index in [9.17, 15) is 0 Å². The highest BCUT2D eigenvalue weighted by atomic mass is 16.5. The van der Waals surface area contributed by atoms with Crippen molar-refractivity contribution in [3.05, 3.63) is 17.6 Å². The molecule has 1 heterocycles. The Morgan fingerprint density at radius 3 is 2.80 bits per heavy atom. The van der Waals surface area contributed by atoms with Crippen LogP contribution in [0.15, 0.2) is 6.33 Å². The van der Waals surface area contributed by atoms with Crippen molar-refractivity contribution in [1.29, 1.82) is 0 Å². The zero-order valence-corrected chi connectivity index (χ0v) is 9.23. The van der Waals surface area contributed by atoms with Gasteiger partial charge in [-0.3, -0.25) is 0 Å². The number of aromatic nitrogens is 2. The third-order valence-electron chi connectivity index (χ3n) is 3.06. The average Bonchev–Trinajstić information content (AvgIpc) is 2.60. The van der Waals surface area contributed by atoms with E-state index in [-0.39, 0.29) is 12.1 Å². The van der Waals surface area contributed by atoms with Gasteiger partial charge in [-0.2, -0.15) is 0 Å². The van der Waals surface area contributed by atoms with Crippen LogP contribution in [0.2, 0.25) is 0 Å². The highest BCUT2D eigenvalue weighted by Crippen LogP contribution is 2.24. The fraction of sp³-hybridized carbons (Fsp3) is 0.636. The van der Waals surface area contributed by atoms with Gasteiger partial charge < -0.3 is 10.5 Å². The van der Waals surface area contributed by atoms with Gasteiger partial charge in [0.1, 0.15) is 12.4 Å². The highest BCUT2D eigenvalue weighted by molar-refractivity contribution is 5.27. The Morgan fingerprint density at radius 2 is 2.13 bits per heavy atom. The summed E-state index contributed by atoms with van der Waals surface area (Å²) in [7, 11) is 0. The van der Waals surface area contributed by atoms with Crippen molar-refractivity contribution < 1.29 is 4.74 Å². The van der Waals surface area contributed by atoms with Crippen molar-refractivity contribution in [3.63, 3.8) is 0 Å². The van der Waals surface area contributed by atoms with E-state index in [1.54, 1.807) is 0 Å². The van der Waals surface area contributed by atoms with Crippen LogP contribution in [0.4, 0.5) is 0 Å². The summed E-state index contributed by atoms with van der Waals surface area (Å²) in [4.78, 5) is 8.26. The van der Waals surface area contributed by atoms with Crippen LogP contribution in [-0.2, 0) is 0 Å². The molecule has 1 aliphatic rings. The van der Waals surface area contributed by atoms with Gasteiger partial charge >= 0.3 is 0 Å². The van der Waals surface area contributed by atoms with Gasteiger partial charge in [0.25, 0.3) is 0 Å². The Balaban J connectivity index is 2.13. The Kier molecular flexibility index (Phi) is 2.86. The van der Waals surface area contributed by atoms with Gasteiger partial charge in [-0.05, 0) is 33.1 Å². The van der Waals surface area contributed by atoms with Crippen molar-refractivity contribution in [2.45, 2.75) is 45.3 Å². The molecule has 4 heteroatoms. The third-order valence-corrected chi connectivity index (χ3v) is 3.06. The van der Waals surface area contributed by atoms with E-state index in [4.69, 9.17) is 10.5 Å². The molecule has 2 rings (SSSR count). The second-order valence-corrected chi connectivity index (χ2v) is 4.14. The lowest BCUT2D eigenvalue weighted by molar-refractivity contribution is 0.182. The molecule has 0 unspecified atom stereocenters. The minimum atomic E-state index is 0.123. The first-order chi connectivity index (χ1) is 7.18. The van der Waals surface area contributed by atoms with Crippen molar-refractivity contribution in [3.8, 4) is 5.88 Å². The van der Waals surface area contributed by atoms with Gasteiger partial charge in [0.2, 0.25) is 5.88 Å². The van der Waals surface area contributed by atoms with Gasteiger partial charge in [-0.1, -0.05) is 0 Å². The summed E-state index contributed by atoms with van der Waals surface area (Å²) in [6, 6.07) is 0.152. The van der Waals surface area contributed by atoms with Crippen LogP contribution in [0.25, 0.3) is 0 Å². The van der Waals surface area contributed by atoms with Crippen LogP contribution >= 0.6 is 0 Å². The van der Waals surface area contributed by atoms with Crippen LogP contribution in [-0.4, -0.2) is 22.1 Å². The summed E-state index contributed by atoms with van der Waals surface area (Å²) in [5.74, 6) is 0.685. The highest BCUT2D eigenvalue weighted by Gasteiger charge is 2.26. The largest absolute Gasteiger partial charge is 0.472 e. The van der Waals surface area contributed by atoms with Gasteiger partial charge in [0, 0.05) is 17.3 Å². The Hall–Kier alpha value is -1.16. The fourth-order valence-electron chi connectivity index (χ4n) is 1.88. The first kappa shape index (κ1) is 10.4. The molecule has 1 saturated carbocycles. The van der Waals surface area contributed by atoms with Crippen LogP contribution < -0.4 is 10.5 Å². The molecule has 82 valence electrons. The number of nitrogens with zero attached hydrogens (tertiary/aromatic N) is 2. The van der Waals surface area contributed by atoms with E-state index in [2.05, 4.69) is 9.97 Å². The maximum absolute atomic E-state index is 5.95. The topological polar surface area (TPSA) is 61.0 Å². The summed E-state index contributed by atoms with van der Waals surface area (Å²) < 4.78 is 5.82. The second-order valence-electron chi connectivity index (χ2n) is 4.14. The smallest absolute Gasteiger partial charge is 0.219 e. The summed E-state index contributed by atoms with van der Waals surface area (Å²) in [6.45, 7) is 3.93. The summed E-state index contributed by atoms with van der Waals surface area (Å²) in [5, 5.41) is 0. The first-order valence-corrected chi connectivity index (χ1v) is 5.39. The fourth-order valence-corrected chi connectivity index (χ4v) is 1.88. The van der Waals surface area contributed by atoms with E-state index in [1.165, 1.54) is 6.33 Å². The van der Waals surface area contributed by atoms with Gasteiger partial charge in [0.15, 0.2) is 0 Å². The molecule has 1 aliphatic carbocycles. The Bertz CT molecular complexity index is 354. The van der Waals surface area contributed by atoms with Crippen LogP contribution in [0.1, 0.15) is 30.5 Å². The minimum absolute atomic E-state index is 0.123. The molecule has 0 radical (unpaired) electrons. The number of hydrogen-bond acceptors (Lipinski definition) is 4. The van der Waals surface area contributed by atoms with Crippen molar-refractivity contribution >= 4 is 0 Å². The molecule has 0 amide bonds. The zero-order chi connectivity index (χ0) is 10.8. The number of aryl methyl sites for hydroxylation is 1. The second kappa shape index (κ2) is 4.14. The molecule has 2 atom stereocenters. The first-order valence-electron chi connectivity index (χ1n) is 5.39. The van der Waals surface area contributed by atoms with Crippen LogP contribution in [0.3, 0.4) is 0 Å². The van der Waals surface area contributed by atoms with Gasteiger partial charge in [0.05, 0.1) is 0 Å². The lowest BCUT2D eigenvalue weighted by Crippen LogP contribution is -2.34. The molecular formula is C11H17N3O. The van der Waals surface area contributed by atoms with E-state index >= 15 is 0 Å². The predicted molar refractivity (Wildman–Crippen MR) is 57.7 cm³/mol.